The summed E-state index contributed by atoms with van der Waals surface area (Å²) < 4.78 is 19.8. The highest BCUT2D eigenvalue weighted by atomic mass is 32.1. The summed E-state index contributed by atoms with van der Waals surface area (Å²) in [4.78, 5) is 143. The Labute approximate surface area is 727 Å². The molecule has 9 N–H and O–H groups in total. The highest BCUT2D eigenvalue weighted by molar-refractivity contribution is 7.13. The van der Waals surface area contributed by atoms with Gasteiger partial charge >= 0.3 is 0 Å². The lowest BCUT2D eigenvalue weighted by Crippen LogP contribution is -2.59. The van der Waals surface area contributed by atoms with Gasteiger partial charge in [-0.05, 0) is 184 Å². The summed E-state index contributed by atoms with van der Waals surface area (Å²) in [6.07, 6.45) is 12.2. The number of alkyl halides is 1. The van der Waals surface area contributed by atoms with Crippen LogP contribution in [-0.2, 0) is 67.6 Å². The molecule has 4 aliphatic heterocycles. The van der Waals surface area contributed by atoms with E-state index in [4.69, 9.17) is 4.42 Å². The van der Waals surface area contributed by atoms with Crippen LogP contribution in [0.15, 0.2) is 101 Å². The van der Waals surface area contributed by atoms with Gasteiger partial charge in [0.05, 0.1) is 40.5 Å². The minimum Gasteiger partial charge on any atom is -0.435 e. The van der Waals surface area contributed by atoms with Gasteiger partial charge in [-0.1, -0.05) is 199 Å². The fourth-order valence-corrected chi connectivity index (χ4v) is 16.8. The van der Waals surface area contributed by atoms with Gasteiger partial charge < -0.3 is 66.8 Å². The van der Waals surface area contributed by atoms with Crippen LogP contribution in [0.5, 0.6) is 0 Å². The normalized spacial score (nSPS) is 21.4. The first-order valence-corrected chi connectivity index (χ1v) is 44.7. The van der Waals surface area contributed by atoms with E-state index >= 15 is 0 Å². The minimum atomic E-state index is -1.93. The fraction of sp³-hybridized carbons (Fsp3) is 0.600. The number of aliphatic hydroxyl groups excluding tert-OH is 1. The summed E-state index contributed by atoms with van der Waals surface area (Å²) in [6, 6.07) is 16.1. The Morgan fingerprint density at radius 2 is 1.34 bits per heavy atom. The summed E-state index contributed by atoms with van der Waals surface area (Å²) in [5.74, 6) is -1.97. The monoisotopic (exact) mass is 1710 g/mol. The van der Waals surface area contributed by atoms with Gasteiger partial charge in [0.25, 0.3) is 17.7 Å². The first-order chi connectivity index (χ1) is 57.3. The lowest BCUT2D eigenvalue weighted by molar-refractivity contribution is -0.145. The van der Waals surface area contributed by atoms with Gasteiger partial charge in [-0.2, -0.15) is 0 Å². The van der Waals surface area contributed by atoms with E-state index in [9.17, 15) is 57.4 Å². The number of benzene rings is 3. The molecule has 0 bridgehead atoms. The van der Waals surface area contributed by atoms with E-state index in [2.05, 4.69) is 144 Å². The number of rotatable bonds is 18. The van der Waals surface area contributed by atoms with Gasteiger partial charge in [0.1, 0.15) is 36.3 Å². The van der Waals surface area contributed by atoms with Crippen LogP contribution < -0.4 is 42.5 Å². The highest BCUT2D eigenvalue weighted by Gasteiger charge is 2.54. The number of thiazole rings is 1. The molecule has 3 aromatic carbocycles. The number of allylic oxidation sites excluding steroid dienone is 2. The molecule has 2 saturated carbocycles. The zero-order valence-corrected chi connectivity index (χ0v) is 77.4. The van der Waals surface area contributed by atoms with Crippen LogP contribution in [0.4, 0.5) is 4.39 Å². The van der Waals surface area contributed by atoms with Gasteiger partial charge in [0, 0.05) is 55.5 Å². The van der Waals surface area contributed by atoms with Crippen molar-refractivity contribution in [3.8, 4) is 10.4 Å². The number of carbonyl (C=O) groups is 10. The number of aliphatic hydroxyl groups is 1. The summed E-state index contributed by atoms with van der Waals surface area (Å²) >= 11 is 1.59. The van der Waals surface area contributed by atoms with E-state index in [1.165, 1.54) is 34.2 Å². The SMILES string of the molecule is C=C1CCC(N(C)C(=O)c2ccc(C(C)(C)C)cc2C)C(=O)N1.C=C1CCC(NC(=O)c2cnc(C(C)(C)C)o2)C(=O)N1.CC.CC.CN[C@@H](C)C(=O)N[C@H](C(=O)N1C[C@@H](C)C[C@H]1C(=O)N[C@@H]1CCCc2ccccc21)C1CCCCC1.Cc1ncsc1-c1ccc(CNC(=O)[C@@H]2C[C@@H](O)CN2C(=O)[C@@H](NC(=O)C2(F)CC2)C(C)(C)C)c(C(C)(C)C)c1. The van der Waals surface area contributed by atoms with Crippen molar-refractivity contribution < 1.29 is 61.9 Å². The second-order valence-electron chi connectivity index (χ2n) is 37.4. The molecule has 12 rings (SSSR count). The van der Waals surface area contributed by atoms with Crippen LogP contribution in [0, 0.1) is 31.1 Å². The number of hydrogen-bond donors (Lipinski definition) is 9. The molecular formula is C95H140FN13O12S. The topological polar surface area (TPSA) is 336 Å². The number of amides is 10. The van der Waals surface area contributed by atoms with Crippen molar-refractivity contribution in [1.29, 1.82) is 0 Å². The van der Waals surface area contributed by atoms with Crippen LogP contribution in [0.25, 0.3) is 10.4 Å². The summed E-state index contributed by atoms with van der Waals surface area (Å²) in [6.45, 7) is 48.0. The fourth-order valence-electron chi connectivity index (χ4n) is 16.0. The van der Waals surface area contributed by atoms with Crippen LogP contribution in [0.2, 0.25) is 0 Å². The lowest BCUT2D eigenvalue weighted by Gasteiger charge is -2.35. The zero-order chi connectivity index (χ0) is 90.8. The molecule has 2 unspecified atom stereocenters. The molecule has 670 valence electrons. The molecule has 10 atom stereocenters. The van der Waals surface area contributed by atoms with Crippen molar-refractivity contribution in [2.24, 2.45) is 17.3 Å². The number of hydrogen-bond acceptors (Lipinski definition) is 16. The molecule has 0 radical (unpaired) electrons. The van der Waals surface area contributed by atoms with Gasteiger partial charge in [-0.15, -0.1) is 11.3 Å². The van der Waals surface area contributed by atoms with Crippen molar-refractivity contribution in [3.63, 3.8) is 0 Å². The van der Waals surface area contributed by atoms with E-state index in [0.717, 1.165) is 83.5 Å². The molecule has 10 amide bonds. The first-order valence-electron chi connectivity index (χ1n) is 43.9. The number of oxazole rings is 1. The summed E-state index contributed by atoms with van der Waals surface area (Å²) in [7, 11) is 3.44. The third kappa shape index (κ3) is 26.3. The van der Waals surface area contributed by atoms with Crippen LogP contribution in [0.1, 0.15) is 293 Å². The molecule has 4 saturated heterocycles. The lowest BCUT2D eigenvalue weighted by atomic mass is 9.82. The average molecular weight is 1710 g/mol. The predicted octanol–water partition coefficient (Wildman–Crippen LogP) is 13.8. The smallest absolute Gasteiger partial charge is 0.289 e. The molecule has 7 aliphatic rings. The summed E-state index contributed by atoms with van der Waals surface area (Å²) in [5.41, 5.74) is 9.54. The van der Waals surface area contributed by atoms with Crippen molar-refractivity contribution in [2.75, 3.05) is 27.2 Å². The highest BCUT2D eigenvalue weighted by Crippen LogP contribution is 2.42. The van der Waals surface area contributed by atoms with Gasteiger partial charge in [-0.25, -0.2) is 14.4 Å². The van der Waals surface area contributed by atoms with Gasteiger partial charge in [-0.3, -0.25) is 47.9 Å². The van der Waals surface area contributed by atoms with Gasteiger partial charge in [0.2, 0.25) is 53.0 Å². The number of piperidine rings is 2. The quantitative estimate of drug-likeness (QED) is 0.0394. The second-order valence-corrected chi connectivity index (χ2v) is 38.3. The summed E-state index contributed by atoms with van der Waals surface area (Å²) in [5, 5.41) is 33.3. The number of carbonyl (C=O) groups excluding carboxylic acids is 10. The van der Waals surface area contributed by atoms with Crippen molar-refractivity contribution in [3.05, 3.63) is 153 Å². The largest absolute Gasteiger partial charge is 0.435 e. The number of halogens is 1. The van der Waals surface area contributed by atoms with E-state index in [0.29, 0.717) is 55.8 Å². The Morgan fingerprint density at radius 3 is 1.92 bits per heavy atom. The third-order valence-electron chi connectivity index (χ3n) is 23.5. The number of nitrogens with one attached hydrogen (secondary N) is 8. The van der Waals surface area contributed by atoms with E-state index in [-0.39, 0.29) is 120 Å². The maximum atomic E-state index is 14.4. The molecule has 2 aromatic heterocycles. The molecule has 27 heteroatoms. The number of fused-ring (bicyclic) bond motifs is 1. The molecular weight excluding hydrogens is 1570 g/mol. The Kier molecular flexibility index (Phi) is 35.3. The van der Waals surface area contributed by atoms with Crippen LogP contribution >= 0.6 is 11.3 Å². The number of β-amino-alcohol motifs (C(OH)–C–C–N with tert-alkyl or cyclic N) is 1. The molecule has 6 heterocycles. The maximum absolute atomic E-state index is 14.4. The molecule has 0 spiro atoms. The molecule has 5 aromatic rings. The Hall–Kier alpha value is -9.47. The number of aryl methyl sites for hydroxylation is 3. The van der Waals surface area contributed by atoms with E-state index < -0.39 is 71.2 Å². The second kappa shape index (κ2) is 43.2. The molecule has 25 nitrogen and oxygen atoms in total. The Bertz CT molecular complexity index is 4510. The molecule has 3 aliphatic carbocycles. The Morgan fingerprint density at radius 1 is 0.713 bits per heavy atom. The predicted molar refractivity (Wildman–Crippen MR) is 478 cm³/mol. The van der Waals surface area contributed by atoms with Crippen LogP contribution in [-0.4, -0.2) is 170 Å². The van der Waals surface area contributed by atoms with Gasteiger partial charge in [0.15, 0.2) is 5.67 Å². The Balaban J connectivity index is 0.000000228. The molecule has 6 fully saturated rings. The van der Waals surface area contributed by atoms with Crippen molar-refractivity contribution in [1.82, 2.24) is 67.2 Å². The standard InChI is InChI=1S/C30H41FN4O4S.C28H42N4O3.C19H26N2O2.C14H19N3O3.2C2H6/c1-17-23(40-16-33-17)18-8-9-19(21(12-18)28(2,3)4)14-32-25(37)22-13-20(36)15-35(22)26(38)24(29(5,6)7)34-27(39)30(31)10-11-30;1-18-16-24(27(34)30-23-15-9-13-20-10-7-8-14-22(20)23)32(17-18)28(35)25(21-11-5-4-6-12-21)31-26(33)19(2)29-3;1-12-11-14(19(3,4)5)8-9-15(12)18(23)21(6)16-10-7-13(2)20-17(16)22;1-8-5-6-9(11(18)16-8)17-12(19)10-7-15-13(20-10)14(2,3)4;2*1-2/h8-9,12,16,20,22,24,36H,10-11,13-15H2,1-7H3,(H,32,37)(H,34,39);7-8,10,14,18-19,21,23-25,29H,4-6,9,11-13,15-17H2,1-3H3,(H,30,34)(H,31,33);8-9,11,16H,2,7,10H2,1,3-6H3,(H,20,22);7,9H,1,5-6H2,2-4H3,(H,16,18)(H,17,19);2*1-2H3/t20-,22+,24-;18-,19-,23+,24-,25-;;;;/m10..../s1. The number of nitrogens with zero attached hydrogens (tertiary/aromatic N) is 5. The third-order valence-corrected chi connectivity index (χ3v) is 24.5. The van der Waals surface area contributed by atoms with Crippen LogP contribution in [0.3, 0.4) is 0 Å². The van der Waals surface area contributed by atoms with E-state index in [1.54, 1.807) is 62.9 Å². The maximum Gasteiger partial charge on any atom is 0.289 e. The number of aromatic nitrogens is 2. The van der Waals surface area contributed by atoms with E-state index in [1.807, 2.05) is 98.2 Å². The molecule has 122 heavy (non-hydrogen) atoms. The average Bonchev–Trinajstić information content (AvgIpc) is 1.61. The van der Waals surface area contributed by atoms with Crippen molar-refractivity contribution >= 4 is 70.4 Å². The minimum absolute atomic E-state index is 0.00868. The zero-order valence-electron chi connectivity index (χ0n) is 76.6. The van der Waals surface area contributed by atoms with Crippen molar-refractivity contribution in [2.45, 2.75) is 324 Å². The number of likely N-dealkylation sites (tertiary alicyclic amines) is 2. The number of likely N-dealkylation sites (N-methyl/N-ethyl adjacent to an activating group) is 2. The first kappa shape index (κ1) is 99.6.